The van der Waals surface area contributed by atoms with Crippen molar-refractivity contribution in [3.63, 3.8) is 0 Å². The number of halogens is 2. The molecule has 0 saturated heterocycles. The Kier molecular flexibility index (Phi) is 3.76. The predicted molar refractivity (Wildman–Crippen MR) is 89.9 cm³/mol. The molecule has 126 valence electrons. The van der Waals surface area contributed by atoms with Crippen molar-refractivity contribution in [2.24, 2.45) is 0 Å². The van der Waals surface area contributed by atoms with Crippen LogP contribution < -0.4 is 0 Å². The van der Waals surface area contributed by atoms with Crippen LogP contribution >= 0.6 is 0 Å². The van der Waals surface area contributed by atoms with E-state index >= 15 is 0 Å². The number of rotatable bonds is 4. The van der Waals surface area contributed by atoms with Gasteiger partial charge < -0.3 is 9.13 Å². The van der Waals surface area contributed by atoms with Crippen molar-refractivity contribution in [3.05, 3.63) is 66.4 Å². The Morgan fingerprint density at radius 1 is 1.08 bits per heavy atom. The van der Waals surface area contributed by atoms with Crippen LogP contribution in [0.25, 0.3) is 22.6 Å². The van der Waals surface area contributed by atoms with E-state index in [4.69, 9.17) is 0 Å². The molecule has 0 aliphatic rings. The summed E-state index contributed by atoms with van der Waals surface area (Å²) < 4.78 is 31.4. The highest BCUT2D eigenvalue weighted by Gasteiger charge is 2.16. The third-order valence-electron chi connectivity index (χ3n) is 4.12. The zero-order chi connectivity index (χ0) is 17.4. The summed E-state index contributed by atoms with van der Waals surface area (Å²) in [7, 11) is 0. The number of pyridine rings is 1. The van der Waals surface area contributed by atoms with Crippen molar-refractivity contribution in [2.45, 2.75) is 20.0 Å². The molecule has 4 aromatic rings. The molecule has 7 heteroatoms. The molecule has 0 bridgehead atoms. The number of aromatic nitrogens is 5. The SMILES string of the molecule is CCn1c(Cn2ccnc2-c2cc(F)ccc2F)nc2ncccc21. The van der Waals surface area contributed by atoms with E-state index in [1.807, 2.05) is 23.6 Å². The molecular weight excluding hydrogens is 324 g/mol. The number of imidazole rings is 2. The molecule has 0 spiro atoms. The predicted octanol–water partition coefficient (Wildman–Crippen LogP) is 3.64. The molecule has 0 unspecified atom stereocenters. The molecule has 0 saturated carbocycles. The normalized spacial score (nSPS) is 11.3. The molecule has 0 fully saturated rings. The second-order valence-electron chi connectivity index (χ2n) is 5.62. The first-order chi connectivity index (χ1) is 12.2. The van der Waals surface area contributed by atoms with Gasteiger partial charge in [0.1, 0.15) is 23.3 Å². The van der Waals surface area contributed by atoms with Crippen molar-refractivity contribution >= 4 is 11.2 Å². The fourth-order valence-electron chi connectivity index (χ4n) is 2.98. The minimum Gasteiger partial charge on any atom is -0.325 e. The van der Waals surface area contributed by atoms with Gasteiger partial charge in [-0.3, -0.25) is 0 Å². The van der Waals surface area contributed by atoms with Crippen LogP contribution in [0.15, 0.2) is 48.9 Å². The lowest BCUT2D eigenvalue weighted by atomic mass is 10.2. The van der Waals surface area contributed by atoms with Crippen LogP contribution in [0.1, 0.15) is 12.7 Å². The van der Waals surface area contributed by atoms with Gasteiger partial charge in [0, 0.05) is 25.1 Å². The van der Waals surface area contributed by atoms with E-state index in [1.165, 1.54) is 0 Å². The summed E-state index contributed by atoms with van der Waals surface area (Å²) in [4.78, 5) is 13.0. The van der Waals surface area contributed by atoms with E-state index in [9.17, 15) is 8.78 Å². The van der Waals surface area contributed by atoms with Crippen molar-refractivity contribution in [1.82, 2.24) is 24.1 Å². The summed E-state index contributed by atoms with van der Waals surface area (Å²) in [5.74, 6) is 0.127. The number of benzene rings is 1. The van der Waals surface area contributed by atoms with Gasteiger partial charge in [0.05, 0.1) is 17.6 Å². The monoisotopic (exact) mass is 339 g/mol. The second kappa shape index (κ2) is 6.08. The molecule has 3 heterocycles. The van der Waals surface area contributed by atoms with E-state index in [2.05, 4.69) is 15.0 Å². The van der Waals surface area contributed by atoms with Crippen LogP contribution in [0.4, 0.5) is 8.78 Å². The van der Waals surface area contributed by atoms with Crippen LogP contribution in [0.5, 0.6) is 0 Å². The van der Waals surface area contributed by atoms with Crippen molar-refractivity contribution < 1.29 is 8.78 Å². The van der Waals surface area contributed by atoms with Crippen LogP contribution in [-0.4, -0.2) is 24.1 Å². The standard InChI is InChI=1S/C18H15F2N5/c1-2-25-15-4-3-7-21-17(15)23-16(25)11-24-9-8-22-18(24)13-10-12(19)5-6-14(13)20/h3-10H,2,11H2,1H3. The van der Waals surface area contributed by atoms with Gasteiger partial charge in [-0.25, -0.2) is 23.7 Å². The van der Waals surface area contributed by atoms with Crippen LogP contribution in [0, 0.1) is 11.6 Å². The number of hydrogen-bond acceptors (Lipinski definition) is 3. The second-order valence-corrected chi connectivity index (χ2v) is 5.62. The number of nitrogens with zero attached hydrogens (tertiary/aromatic N) is 5. The Morgan fingerprint density at radius 2 is 1.96 bits per heavy atom. The summed E-state index contributed by atoms with van der Waals surface area (Å²) in [5, 5.41) is 0. The molecule has 4 rings (SSSR count). The number of fused-ring (bicyclic) bond motifs is 1. The minimum atomic E-state index is -0.514. The van der Waals surface area contributed by atoms with Gasteiger partial charge in [0.2, 0.25) is 0 Å². The average Bonchev–Trinajstić information content (AvgIpc) is 3.21. The molecular formula is C18H15F2N5. The Labute approximate surface area is 142 Å². The first-order valence-electron chi connectivity index (χ1n) is 7.94. The first-order valence-corrected chi connectivity index (χ1v) is 7.94. The van der Waals surface area contributed by atoms with Gasteiger partial charge in [-0.1, -0.05) is 0 Å². The zero-order valence-corrected chi connectivity index (χ0v) is 13.5. The van der Waals surface area contributed by atoms with E-state index in [-0.39, 0.29) is 5.56 Å². The fourth-order valence-corrected chi connectivity index (χ4v) is 2.98. The molecule has 25 heavy (non-hydrogen) atoms. The summed E-state index contributed by atoms with van der Waals surface area (Å²) in [6.07, 6.45) is 4.99. The van der Waals surface area contributed by atoms with Gasteiger partial charge in [-0.15, -0.1) is 0 Å². The smallest absolute Gasteiger partial charge is 0.177 e. The fraction of sp³-hybridized carbons (Fsp3) is 0.167. The van der Waals surface area contributed by atoms with Crippen LogP contribution in [-0.2, 0) is 13.1 Å². The summed E-state index contributed by atoms with van der Waals surface area (Å²) in [6.45, 7) is 3.14. The number of aryl methyl sites for hydroxylation is 1. The zero-order valence-electron chi connectivity index (χ0n) is 13.5. The molecule has 1 aromatic carbocycles. The number of hydrogen-bond donors (Lipinski definition) is 0. The molecule has 0 amide bonds. The topological polar surface area (TPSA) is 48.5 Å². The molecule has 0 N–H and O–H groups in total. The van der Waals surface area contributed by atoms with E-state index in [0.29, 0.717) is 18.0 Å². The van der Waals surface area contributed by atoms with Gasteiger partial charge in [0.25, 0.3) is 0 Å². The van der Waals surface area contributed by atoms with E-state index in [1.54, 1.807) is 23.2 Å². The highest BCUT2D eigenvalue weighted by atomic mass is 19.1. The molecule has 0 aliphatic heterocycles. The van der Waals surface area contributed by atoms with E-state index in [0.717, 1.165) is 36.1 Å². The average molecular weight is 339 g/mol. The van der Waals surface area contributed by atoms with Gasteiger partial charge in [-0.05, 0) is 37.3 Å². The Morgan fingerprint density at radius 3 is 2.80 bits per heavy atom. The lowest BCUT2D eigenvalue weighted by molar-refractivity contribution is 0.599. The minimum absolute atomic E-state index is 0.127. The Balaban J connectivity index is 1.79. The Bertz CT molecular complexity index is 1050. The lowest BCUT2D eigenvalue weighted by Gasteiger charge is -2.10. The molecule has 0 atom stereocenters. The highest BCUT2D eigenvalue weighted by Crippen LogP contribution is 2.23. The molecule has 0 aliphatic carbocycles. The van der Waals surface area contributed by atoms with Crippen LogP contribution in [0.3, 0.4) is 0 Å². The summed E-state index contributed by atoms with van der Waals surface area (Å²) in [5.41, 5.74) is 1.74. The molecule has 5 nitrogen and oxygen atoms in total. The maximum Gasteiger partial charge on any atom is 0.177 e. The maximum absolute atomic E-state index is 14.1. The van der Waals surface area contributed by atoms with Crippen molar-refractivity contribution in [1.29, 1.82) is 0 Å². The van der Waals surface area contributed by atoms with E-state index < -0.39 is 11.6 Å². The molecule has 0 radical (unpaired) electrons. The largest absolute Gasteiger partial charge is 0.325 e. The third kappa shape index (κ3) is 2.67. The Hall–Kier alpha value is -3.09. The molecule has 3 aromatic heterocycles. The van der Waals surface area contributed by atoms with Gasteiger partial charge >= 0.3 is 0 Å². The van der Waals surface area contributed by atoms with Gasteiger partial charge in [0.15, 0.2) is 5.65 Å². The highest BCUT2D eigenvalue weighted by molar-refractivity contribution is 5.71. The van der Waals surface area contributed by atoms with Crippen molar-refractivity contribution in [3.8, 4) is 11.4 Å². The quantitative estimate of drug-likeness (QED) is 0.570. The van der Waals surface area contributed by atoms with Crippen LogP contribution in [0.2, 0.25) is 0 Å². The van der Waals surface area contributed by atoms with Crippen molar-refractivity contribution in [2.75, 3.05) is 0 Å². The summed E-state index contributed by atoms with van der Waals surface area (Å²) >= 11 is 0. The maximum atomic E-state index is 14.1. The first kappa shape index (κ1) is 15.4. The third-order valence-corrected chi connectivity index (χ3v) is 4.12. The summed E-state index contributed by atoms with van der Waals surface area (Å²) in [6, 6.07) is 7.18. The lowest BCUT2D eigenvalue weighted by Crippen LogP contribution is -2.09. The van der Waals surface area contributed by atoms with Gasteiger partial charge in [-0.2, -0.15) is 0 Å².